The van der Waals surface area contributed by atoms with Gasteiger partial charge in [-0.1, -0.05) is 0 Å². The van der Waals surface area contributed by atoms with E-state index in [1.54, 1.807) is 0 Å². The summed E-state index contributed by atoms with van der Waals surface area (Å²) in [5.74, 6) is 0.448. The number of aliphatic hydroxyl groups is 3. The van der Waals surface area contributed by atoms with Crippen LogP contribution in [0.25, 0.3) is 11.2 Å². The number of hydrogen-bond donors (Lipinski definition) is 4. The van der Waals surface area contributed by atoms with Crippen LogP contribution in [0.3, 0.4) is 0 Å². The van der Waals surface area contributed by atoms with Crippen LogP contribution >= 0.6 is 0 Å². The summed E-state index contributed by atoms with van der Waals surface area (Å²) < 4.78 is 6.89. The number of ether oxygens (including phenoxy) is 1. The minimum atomic E-state index is -1.17. The van der Waals surface area contributed by atoms with Gasteiger partial charge in [-0.15, -0.1) is 0 Å². The minimum Gasteiger partial charge on any atom is -0.387 e. The Balaban J connectivity index is 2.03. The zero-order valence-electron chi connectivity index (χ0n) is 9.58. The molecule has 2 bridgehead atoms. The van der Waals surface area contributed by atoms with Gasteiger partial charge >= 0.3 is 0 Å². The Morgan fingerprint density at radius 1 is 1.21 bits per heavy atom. The second-order valence-corrected chi connectivity index (χ2v) is 4.69. The number of imidazole rings is 1. The first-order valence-corrected chi connectivity index (χ1v) is 5.77. The van der Waals surface area contributed by atoms with E-state index in [9.17, 15) is 15.3 Å². The van der Waals surface area contributed by atoms with Gasteiger partial charge in [0.25, 0.3) is 0 Å². The van der Waals surface area contributed by atoms with Crippen molar-refractivity contribution in [2.24, 2.45) is 0 Å². The Labute approximate surface area is 106 Å². The monoisotopic (exact) mass is 265 g/mol. The fourth-order valence-corrected chi connectivity index (χ4v) is 2.71. The Kier molecular flexibility index (Phi) is 1.97. The van der Waals surface area contributed by atoms with Crippen molar-refractivity contribution >= 4 is 17.0 Å². The lowest BCUT2D eigenvalue weighted by molar-refractivity contribution is -0.114. The first-order chi connectivity index (χ1) is 9.09. The number of aromatic nitrogens is 4. The summed E-state index contributed by atoms with van der Waals surface area (Å²) in [6.45, 7) is 0. The van der Waals surface area contributed by atoms with Crippen LogP contribution in [-0.4, -0.2) is 53.2 Å². The molecular weight excluding hydrogens is 254 g/mol. The van der Waals surface area contributed by atoms with Gasteiger partial charge in [-0.3, -0.25) is 4.57 Å². The van der Waals surface area contributed by atoms with E-state index in [2.05, 4.69) is 15.0 Å². The van der Waals surface area contributed by atoms with Gasteiger partial charge in [-0.25, -0.2) is 15.0 Å². The summed E-state index contributed by atoms with van der Waals surface area (Å²) >= 11 is 0. The summed E-state index contributed by atoms with van der Waals surface area (Å²) in [6, 6.07) is 0. The van der Waals surface area contributed by atoms with Crippen molar-refractivity contribution in [2.75, 3.05) is 5.73 Å². The highest BCUT2D eigenvalue weighted by Gasteiger charge is 2.53. The molecule has 100 valence electrons. The van der Waals surface area contributed by atoms with Crippen molar-refractivity contribution in [3.05, 3.63) is 12.2 Å². The molecule has 0 amide bonds. The molecule has 5 unspecified atom stereocenters. The maximum atomic E-state index is 10.2. The molecule has 4 rings (SSSR count). The molecule has 9 nitrogen and oxygen atoms in total. The second-order valence-electron chi connectivity index (χ2n) is 4.69. The van der Waals surface area contributed by atoms with E-state index >= 15 is 0 Å². The van der Waals surface area contributed by atoms with Gasteiger partial charge in [0.1, 0.15) is 36.6 Å². The normalized spacial score (nSPS) is 36.7. The van der Waals surface area contributed by atoms with Crippen LogP contribution in [0.4, 0.5) is 5.82 Å². The minimum absolute atomic E-state index is 0.185. The number of nitrogens with two attached hydrogens (primary N) is 1. The number of fused-ring (bicyclic) bond motifs is 6. The van der Waals surface area contributed by atoms with Crippen molar-refractivity contribution in [3.63, 3.8) is 0 Å². The Bertz CT molecular complexity index is 673. The number of nitrogen functional groups attached to an aromatic ring is 1. The molecule has 2 aromatic heterocycles. The Morgan fingerprint density at radius 2 is 2.00 bits per heavy atom. The van der Waals surface area contributed by atoms with E-state index in [-0.39, 0.29) is 11.6 Å². The first-order valence-electron chi connectivity index (χ1n) is 5.77. The van der Waals surface area contributed by atoms with Crippen LogP contribution in [-0.2, 0) is 4.74 Å². The van der Waals surface area contributed by atoms with Crippen molar-refractivity contribution in [1.82, 2.24) is 19.5 Å². The van der Waals surface area contributed by atoms with Crippen LogP contribution in [0.15, 0.2) is 6.33 Å². The molecule has 9 heteroatoms. The molecule has 2 aliphatic rings. The van der Waals surface area contributed by atoms with Gasteiger partial charge in [0.15, 0.2) is 23.2 Å². The fraction of sp³-hybridized carbons (Fsp3) is 0.500. The summed E-state index contributed by atoms with van der Waals surface area (Å²) in [7, 11) is 0. The van der Waals surface area contributed by atoms with E-state index < -0.39 is 30.6 Å². The molecule has 1 fully saturated rings. The largest absolute Gasteiger partial charge is 0.387 e. The van der Waals surface area contributed by atoms with Crippen molar-refractivity contribution in [1.29, 1.82) is 0 Å². The van der Waals surface area contributed by atoms with Crippen LogP contribution in [0.1, 0.15) is 18.2 Å². The molecule has 5 N–H and O–H groups in total. The van der Waals surface area contributed by atoms with Gasteiger partial charge in [-0.2, -0.15) is 0 Å². The second kappa shape index (κ2) is 3.39. The van der Waals surface area contributed by atoms with E-state index in [4.69, 9.17) is 10.5 Å². The summed E-state index contributed by atoms with van der Waals surface area (Å²) in [5, 5.41) is 30.0. The molecular formula is C10H11N5O4. The van der Waals surface area contributed by atoms with E-state index in [0.29, 0.717) is 11.2 Å². The summed E-state index contributed by atoms with van der Waals surface area (Å²) in [5.41, 5.74) is 6.41. The zero-order chi connectivity index (χ0) is 13.3. The highest BCUT2D eigenvalue weighted by atomic mass is 16.6. The summed E-state index contributed by atoms with van der Waals surface area (Å²) in [6.07, 6.45) is -3.96. The van der Waals surface area contributed by atoms with Crippen molar-refractivity contribution < 1.29 is 20.1 Å². The third kappa shape index (κ3) is 1.20. The SMILES string of the molecule is Nc1ncnc2c1nc1n2C2OC(C1O)C(O)C2O. The molecule has 0 aromatic carbocycles. The fourth-order valence-electron chi connectivity index (χ4n) is 2.71. The predicted octanol–water partition coefficient (Wildman–Crippen LogP) is -1.93. The molecule has 0 aliphatic carbocycles. The Hall–Kier alpha value is -1.81. The lowest BCUT2D eigenvalue weighted by Crippen LogP contribution is -2.34. The molecule has 2 aromatic rings. The maximum absolute atomic E-state index is 10.2. The number of hydrogen-bond acceptors (Lipinski definition) is 8. The molecule has 0 saturated carbocycles. The number of nitrogens with zero attached hydrogens (tertiary/aromatic N) is 4. The Morgan fingerprint density at radius 3 is 2.79 bits per heavy atom. The van der Waals surface area contributed by atoms with Crippen LogP contribution < -0.4 is 5.73 Å². The van der Waals surface area contributed by atoms with Gasteiger partial charge in [-0.05, 0) is 0 Å². The number of anilines is 1. The van der Waals surface area contributed by atoms with E-state index in [1.165, 1.54) is 10.9 Å². The molecule has 19 heavy (non-hydrogen) atoms. The molecule has 0 spiro atoms. The van der Waals surface area contributed by atoms with Gasteiger partial charge in [0.2, 0.25) is 0 Å². The number of aliphatic hydroxyl groups excluding tert-OH is 3. The lowest BCUT2D eigenvalue weighted by Gasteiger charge is -2.27. The van der Waals surface area contributed by atoms with E-state index in [1.807, 2.05) is 0 Å². The van der Waals surface area contributed by atoms with Crippen LogP contribution in [0.5, 0.6) is 0 Å². The smallest absolute Gasteiger partial charge is 0.167 e. The molecule has 2 aliphatic heterocycles. The highest BCUT2D eigenvalue weighted by Crippen LogP contribution is 2.43. The average molecular weight is 265 g/mol. The molecule has 4 heterocycles. The first kappa shape index (κ1) is 11.1. The number of rotatable bonds is 0. The van der Waals surface area contributed by atoms with Gasteiger partial charge in [0.05, 0.1) is 0 Å². The highest BCUT2D eigenvalue weighted by molar-refractivity contribution is 5.82. The zero-order valence-corrected chi connectivity index (χ0v) is 9.58. The third-order valence-electron chi connectivity index (χ3n) is 3.64. The molecule has 5 atom stereocenters. The summed E-state index contributed by atoms with van der Waals surface area (Å²) in [4.78, 5) is 12.1. The quantitative estimate of drug-likeness (QED) is 0.432. The molecule has 1 saturated heterocycles. The predicted molar refractivity (Wildman–Crippen MR) is 60.6 cm³/mol. The third-order valence-corrected chi connectivity index (χ3v) is 3.64. The molecule has 0 radical (unpaired) electrons. The van der Waals surface area contributed by atoms with Crippen LogP contribution in [0.2, 0.25) is 0 Å². The van der Waals surface area contributed by atoms with Gasteiger partial charge < -0.3 is 25.8 Å². The average Bonchev–Trinajstić information content (AvgIpc) is 2.89. The van der Waals surface area contributed by atoms with Crippen LogP contribution in [0, 0.1) is 0 Å². The van der Waals surface area contributed by atoms with Crippen molar-refractivity contribution in [2.45, 2.75) is 30.6 Å². The lowest BCUT2D eigenvalue weighted by atomic mass is 10.1. The van der Waals surface area contributed by atoms with Gasteiger partial charge in [0, 0.05) is 0 Å². The van der Waals surface area contributed by atoms with Crippen molar-refractivity contribution in [3.8, 4) is 0 Å². The van der Waals surface area contributed by atoms with E-state index in [0.717, 1.165) is 0 Å². The topological polar surface area (TPSA) is 140 Å². The standard InChI is InChI=1S/C10H11N5O4/c11-7-2-8(13-1-12-7)15-9(14-2)5(18)6-3(16)4(17)10(15)19-6/h1,3-6,10,16-18H,(H2,11,12,13). The maximum Gasteiger partial charge on any atom is 0.167 e.